The van der Waals surface area contributed by atoms with Crippen LogP contribution in [0.25, 0.3) is 0 Å². The van der Waals surface area contributed by atoms with Gasteiger partial charge in [0.1, 0.15) is 29.6 Å². The minimum absolute atomic E-state index is 0.0270. The molecule has 152 valence electrons. The predicted molar refractivity (Wildman–Crippen MR) is 96.7 cm³/mol. The average molecular weight is 385 g/mol. The Bertz CT molecular complexity index is 602. The Morgan fingerprint density at radius 2 is 1.67 bits per heavy atom. The summed E-state index contributed by atoms with van der Waals surface area (Å²) >= 11 is 0. The summed E-state index contributed by atoms with van der Waals surface area (Å²) < 4.78 is 37.6. The van der Waals surface area contributed by atoms with E-state index in [1.807, 2.05) is 4.90 Å². The molecule has 27 heavy (non-hydrogen) atoms. The summed E-state index contributed by atoms with van der Waals surface area (Å²) in [6, 6.07) is 2.93. The molecule has 1 atom stereocenters. The lowest BCUT2D eigenvalue weighted by atomic mass is 9.93. The van der Waals surface area contributed by atoms with Gasteiger partial charge < -0.3 is 19.7 Å². The molecule has 0 radical (unpaired) electrons. The van der Waals surface area contributed by atoms with Crippen LogP contribution in [-0.4, -0.2) is 65.8 Å². The number of hydrogen-bond donors (Lipinski definition) is 2. The number of rotatable bonds is 5. The third-order valence-electron chi connectivity index (χ3n) is 5.34. The first-order valence-electron chi connectivity index (χ1n) is 9.70. The minimum atomic E-state index is -1.32. The molecule has 3 rings (SSSR count). The Morgan fingerprint density at radius 3 is 2.33 bits per heavy atom. The number of β-amino-alcohol motifs (C(OH)–C–C–N with tert-alkyl or cyclic N) is 2. The van der Waals surface area contributed by atoms with Gasteiger partial charge in [0.2, 0.25) is 0 Å². The average Bonchev–Trinajstić information content (AvgIpc) is 2.91. The molecule has 0 unspecified atom stereocenters. The topological polar surface area (TPSA) is 62.2 Å². The molecule has 1 aromatic carbocycles. The zero-order chi connectivity index (χ0) is 19.3. The summed E-state index contributed by atoms with van der Waals surface area (Å²) in [6.07, 6.45) is 5.85. The van der Waals surface area contributed by atoms with E-state index < -0.39 is 22.8 Å². The van der Waals surface area contributed by atoms with E-state index in [0.717, 1.165) is 56.7 Å². The van der Waals surface area contributed by atoms with Crippen molar-refractivity contribution in [1.29, 1.82) is 0 Å². The fraction of sp³-hybridized carbons (Fsp3) is 0.700. The van der Waals surface area contributed by atoms with E-state index in [-0.39, 0.29) is 25.5 Å². The Hall–Kier alpha value is -1.28. The monoisotopic (exact) mass is 385 g/mol. The normalized spacial score (nSPS) is 27.0. The lowest BCUT2D eigenvalue weighted by molar-refractivity contribution is -0.0734. The van der Waals surface area contributed by atoms with Crippen LogP contribution < -0.4 is 4.74 Å². The number of nitrogens with zero attached hydrogens (tertiary/aromatic N) is 1. The van der Waals surface area contributed by atoms with Gasteiger partial charge in [-0.2, -0.15) is 0 Å². The molecule has 0 amide bonds. The standard InChI is InChI=1S/C20H29F2NO4/c21-16-9-17(22)11-18(10-16)27-15-20(25)13-23(7-8-26-14-20)12-19(24)5-3-1-2-4-6-19/h9-11,24-25H,1-8,12-15H2/t20-/m0/s1. The van der Waals surface area contributed by atoms with Crippen molar-refractivity contribution < 1.29 is 28.5 Å². The van der Waals surface area contributed by atoms with E-state index >= 15 is 0 Å². The Balaban J connectivity index is 1.62. The van der Waals surface area contributed by atoms with Gasteiger partial charge in [-0.3, -0.25) is 4.90 Å². The quantitative estimate of drug-likeness (QED) is 0.763. The zero-order valence-electron chi connectivity index (χ0n) is 15.6. The van der Waals surface area contributed by atoms with Gasteiger partial charge in [0.15, 0.2) is 0 Å². The highest BCUT2D eigenvalue weighted by atomic mass is 19.1. The van der Waals surface area contributed by atoms with Crippen molar-refractivity contribution in [3.63, 3.8) is 0 Å². The fourth-order valence-corrected chi connectivity index (χ4v) is 4.01. The first-order valence-corrected chi connectivity index (χ1v) is 9.70. The van der Waals surface area contributed by atoms with Crippen LogP contribution in [0.15, 0.2) is 18.2 Å². The van der Waals surface area contributed by atoms with Gasteiger partial charge in [-0.05, 0) is 12.8 Å². The number of ether oxygens (including phenoxy) is 2. The van der Waals surface area contributed by atoms with Crippen LogP contribution in [0.3, 0.4) is 0 Å². The molecule has 1 heterocycles. The highest BCUT2D eigenvalue weighted by molar-refractivity contribution is 5.24. The molecule has 2 N–H and O–H groups in total. The van der Waals surface area contributed by atoms with Gasteiger partial charge >= 0.3 is 0 Å². The van der Waals surface area contributed by atoms with E-state index in [1.165, 1.54) is 0 Å². The molecule has 1 saturated heterocycles. The number of hydrogen-bond acceptors (Lipinski definition) is 5. The summed E-state index contributed by atoms with van der Waals surface area (Å²) in [5.41, 5.74) is -2.06. The van der Waals surface area contributed by atoms with Gasteiger partial charge in [0.05, 0.1) is 18.8 Å². The number of benzene rings is 1. The summed E-state index contributed by atoms with van der Waals surface area (Å²) in [5.74, 6) is -1.43. The number of aliphatic hydroxyl groups is 2. The molecule has 1 aromatic rings. The maximum Gasteiger partial charge on any atom is 0.134 e. The molecule has 7 heteroatoms. The Labute approximate surface area is 158 Å². The Kier molecular flexibility index (Phi) is 6.68. The third kappa shape index (κ3) is 6.10. The van der Waals surface area contributed by atoms with E-state index in [0.29, 0.717) is 19.7 Å². The van der Waals surface area contributed by atoms with E-state index in [1.54, 1.807) is 0 Å². The molecule has 1 aliphatic heterocycles. The lowest BCUT2D eigenvalue weighted by Crippen LogP contribution is -2.52. The van der Waals surface area contributed by atoms with Crippen molar-refractivity contribution in [2.24, 2.45) is 0 Å². The summed E-state index contributed by atoms with van der Waals surface area (Å²) in [6.45, 7) is 1.73. The molecule has 0 aromatic heterocycles. The van der Waals surface area contributed by atoms with E-state index in [9.17, 15) is 19.0 Å². The van der Waals surface area contributed by atoms with Gasteiger partial charge in [-0.15, -0.1) is 0 Å². The molecular weight excluding hydrogens is 356 g/mol. The molecule has 1 aliphatic carbocycles. The van der Waals surface area contributed by atoms with Crippen LogP contribution >= 0.6 is 0 Å². The molecule has 0 bridgehead atoms. The van der Waals surface area contributed by atoms with Gasteiger partial charge in [0, 0.05) is 37.8 Å². The van der Waals surface area contributed by atoms with Crippen molar-refractivity contribution in [3.05, 3.63) is 29.8 Å². The van der Waals surface area contributed by atoms with Crippen molar-refractivity contribution >= 4 is 0 Å². The number of halogens is 2. The zero-order valence-corrected chi connectivity index (χ0v) is 15.6. The van der Waals surface area contributed by atoms with Crippen molar-refractivity contribution in [2.75, 3.05) is 39.5 Å². The predicted octanol–water partition coefficient (Wildman–Crippen LogP) is 2.49. The molecular formula is C20H29F2NO4. The highest BCUT2D eigenvalue weighted by Gasteiger charge is 2.37. The van der Waals surface area contributed by atoms with Crippen LogP contribution in [0.1, 0.15) is 38.5 Å². The van der Waals surface area contributed by atoms with Crippen molar-refractivity contribution in [2.45, 2.75) is 49.7 Å². The smallest absolute Gasteiger partial charge is 0.134 e. The van der Waals surface area contributed by atoms with Crippen LogP contribution in [0.2, 0.25) is 0 Å². The summed E-state index contributed by atoms with van der Waals surface area (Å²) in [5, 5.41) is 21.9. The minimum Gasteiger partial charge on any atom is -0.490 e. The SMILES string of the molecule is OC1(CN2CCOC[C@](O)(COc3cc(F)cc(F)c3)C2)CCCCCC1. The third-order valence-corrected chi connectivity index (χ3v) is 5.34. The maximum absolute atomic E-state index is 13.3. The van der Waals surface area contributed by atoms with Gasteiger partial charge in [0.25, 0.3) is 0 Å². The first-order chi connectivity index (χ1) is 12.9. The van der Waals surface area contributed by atoms with Crippen LogP contribution in [0, 0.1) is 11.6 Å². The molecule has 2 aliphatic rings. The van der Waals surface area contributed by atoms with Crippen LogP contribution in [-0.2, 0) is 4.74 Å². The molecule has 2 fully saturated rings. The maximum atomic E-state index is 13.3. The largest absolute Gasteiger partial charge is 0.490 e. The second-order valence-corrected chi connectivity index (χ2v) is 8.02. The molecule has 1 saturated carbocycles. The van der Waals surface area contributed by atoms with Crippen LogP contribution in [0.4, 0.5) is 8.78 Å². The second kappa shape index (κ2) is 8.82. The fourth-order valence-electron chi connectivity index (χ4n) is 4.01. The van der Waals surface area contributed by atoms with Gasteiger partial charge in [-0.1, -0.05) is 25.7 Å². The van der Waals surface area contributed by atoms with Crippen molar-refractivity contribution in [1.82, 2.24) is 4.90 Å². The molecule has 0 spiro atoms. The summed E-state index contributed by atoms with van der Waals surface area (Å²) in [4.78, 5) is 2.01. The van der Waals surface area contributed by atoms with Crippen LogP contribution in [0.5, 0.6) is 5.75 Å². The van der Waals surface area contributed by atoms with Crippen molar-refractivity contribution in [3.8, 4) is 5.75 Å². The van der Waals surface area contributed by atoms with E-state index in [2.05, 4.69) is 0 Å². The Morgan fingerprint density at radius 1 is 1.00 bits per heavy atom. The summed E-state index contributed by atoms with van der Waals surface area (Å²) in [7, 11) is 0. The highest BCUT2D eigenvalue weighted by Crippen LogP contribution is 2.29. The van der Waals surface area contributed by atoms with Gasteiger partial charge in [-0.25, -0.2) is 8.78 Å². The van der Waals surface area contributed by atoms with E-state index in [4.69, 9.17) is 9.47 Å². The first kappa shape index (κ1) is 20.5. The lowest BCUT2D eigenvalue weighted by Gasteiger charge is -2.36. The second-order valence-electron chi connectivity index (χ2n) is 8.02. The molecule has 5 nitrogen and oxygen atoms in total.